The number of halogens is 1. The third-order valence-corrected chi connectivity index (χ3v) is 2.93. The van der Waals surface area contributed by atoms with Gasteiger partial charge in [-0.25, -0.2) is 9.59 Å². The number of alkyl carbamates (subject to hydrolysis) is 1. The van der Waals surface area contributed by atoms with Crippen molar-refractivity contribution < 1.29 is 14.3 Å². The molecule has 0 aliphatic rings. The number of allylic oxidation sites excluding steroid dienone is 1. The van der Waals surface area contributed by atoms with Crippen molar-refractivity contribution in [3.63, 3.8) is 0 Å². The number of ether oxygens (including phenoxy) is 1. The van der Waals surface area contributed by atoms with Gasteiger partial charge in [-0.05, 0) is 24.8 Å². The molecule has 0 fully saturated rings. The summed E-state index contributed by atoms with van der Waals surface area (Å²) in [5.74, 6) is 1.65. The highest BCUT2D eigenvalue weighted by Crippen LogP contribution is 2.09. The van der Waals surface area contributed by atoms with Crippen LogP contribution in [-0.2, 0) is 16.1 Å². The Kier molecular flexibility index (Phi) is 8.20. The van der Waals surface area contributed by atoms with Crippen molar-refractivity contribution >= 4 is 23.6 Å². The molecule has 1 aromatic carbocycles. The van der Waals surface area contributed by atoms with Crippen LogP contribution >= 0.6 is 11.6 Å². The highest BCUT2D eigenvalue weighted by atomic mass is 35.5. The first-order valence-corrected chi connectivity index (χ1v) is 6.94. The van der Waals surface area contributed by atoms with E-state index in [2.05, 4.69) is 5.32 Å². The number of amides is 1. The van der Waals surface area contributed by atoms with Gasteiger partial charge in [-0.1, -0.05) is 48.4 Å². The fourth-order valence-corrected chi connectivity index (χ4v) is 1.73. The molecular weight excluding hydrogens is 278 g/mol. The number of benzene rings is 1. The molecule has 0 aliphatic carbocycles. The van der Waals surface area contributed by atoms with Gasteiger partial charge in [0, 0.05) is 6.54 Å². The minimum Gasteiger partial charge on any atom is -0.445 e. The maximum atomic E-state index is 11.4. The van der Waals surface area contributed by atoms with Crippen molar-refractivity contribution in [2.75, 3.05) is 6.54 Å². The fourth-order valence-electron chi connectivity index (χ4n) is 1.60. The molecule has 0 radical (unpaired) electrons. The van der Waals surface area contributed by atoms with E-state index in [0.717, 1.165) is 24.8 Å². The third-order valence-electron chi connectivity index (χ3n) is 2.67. The van der Waals surface area contributed by atoms with Gasteiger partial charge in [0.1, 0.15) is 17.6 Å². The Labute approximate surface area is 123 Å². The molecule has 4 nitrogen and oxygen atoms in total. The van der Waals surface area contributed by atoms with Crippen molar-refractivity contribution in [2.45, 2.75) is 32.3 Å². The van der Waals surface area contributed by atoms with Crippen molar-refractivity contribution in [2.24, 2.45) is 0 Å². The zero-order valence-electron chi connectivity index (χ0n) is 11.2. The van der Waals surface area contributed by atoms with Gasteiger partial charge < -0.3 is 10.1 Å². The van der Waals surface area contributed by atoms with Gasteiger partial charge in [0.15, 0.2) is 0 Å². The van der Waals surface area contributed by atoms with Gasteiger partial charge in [-0.2, -0.15) is 0 Å². The lowest BCUT2D eigenvalue weighted by atomic mass is 10.2. The molecule has 5 heteroatoms. The SMILES string of the molecule is O=C=C(Cl)CCCCCNC(=O)OCc1ccccc1. The van der Waals surface area contributed by atoms with E-state index < -0.39 is 6.09 Å². The highest BCUT2D eigenvalue weighted by Gasteiger charge is 2.01. The van der Waals surface area contributed by atoms with E-state index in [-0.39, 0.29) is 11.6 Å². The number of carbonyl (C=O) groups is 1. The molecule has 1 amide bonds. The minimum absolute atomic E-state index is 0.222. The molecule has 1 N–H and O–H groups in total. The smallest absolute Gasteiger partial charge is 0.407 e. The second-order valence-electron chi connectivity index (χ2n) is 4.31. The molecule has 1 rings (SSSR count). The summed E-state index contributed by atoms with van der Waals surface area (Å²) < 4.78 is 5.06. The van der Waals surface area contributed by atoms with E-state index in [0.29, 0.717) is 13.0 Å². The number of hydrogen-bond acceptors (Lipinski definition) is 3. The van der Waals surface area contributed by atoms with Crippen LogP contribution < -0.4 is 5.32 Å². The van der Waals surface area contributed by atoms with Crippen molar-refractivity contribution in [1.82, 2.24) is 5.32 Å². The standard InChI is InChI=1S/C15H18ClNO3/c16-14(11-18)9-5-2-6-10-17-15(19)20-12-13-7-3-1-4-8-13/h1,3-4,7-8H,2,5-6,9-10,12H2,(H,17,19). The summed E-state index contributed by atoms with van der Waals surface area (Å²) in [5, 5.41) is 2.90. The molecule has 0 heterocycles. The van der Waals surface area contributed by atoms with Crippen LogP contribution in [0.3, 0.4) is 0 Å². The number of rotatable bonds is 8. The largest absolute Gasteiger partial charge is 0.445 e. The van der Waals surface area contributed by atoms with E-state index in [1.54, 1.807) is 5.94 Å². The molecule has 0 saturated carbocycles. The van der Waals surface area contributed by atoms with Crippen molar-refractivity contribution in [3.05, 3.63) is 40.9 Å². The van der Waals surface area contributed by atoms with Crippen LogP contribution in [0.25, 0.3) is 0 Å². The lowest BCUT2D eigenvalue weighted by Gasteiger charge is -2.06. The summed E-state index contributed by atoms with van der Waals surface area (Å²) >= 11 is 5.53. The van der Waals surface area contributed by atoms with Gasteiger partial charge in [0.2, 0.25) is 0 Å². The summed E-state index contributed by atoms with van der Waals surface area (Å²) in [7, 11) is 0. The van der Waals surface area contributed by atoms with Gasteiger partial charge in [-0.15, -0.1) is 0 Å². The molecule has 1 aromatic rings. The average molecular weight is 296 g/mol. The first-order chi connectivity index (χ1) is 9.72. The van der Waals surface area contributed by atoms with E-state index in [4.69, 9.17) is 16.3 Å². The summed E-state index contributed by atoms with van der Waals surface area (Å²) in [6.45, 7) is 0.822. The fraction of sp³-hybridized carbons (Fsp3) is 0.400. The lowest BCUT2D eigenvalue weighted by molar-refractivity contribution is 0.139. The Balaban J connectivity index is 2.02. The van der Waals surface area contributed by atoms with Gasteiger partial charge >= 0.3 is 6.09 Å². The van der Waals surface area contributed by atoms with Crippen LogP contribution in [0.4, 0.5) is 4.79 Å². The van der Waals surface area contributed by atoms with Crippen LogP contribution in [0, 0.1) is 0 Å². The van der Waals surface area contributed by atoms with E-state index in [1.165, 1.54) is 0 Å². The molecule has 0 atom stereocenters. The van der Waals surface area contributed by atoms with Gasteiger partial charge in [0.05, 0.1) is 0 Å². The number of carbonyl (C=O) groups excluding carboxylic acids is 2. The summed E-state index contributed by atoms with van der Waals surface area (Å²) in [6, 6.07) is 9.51. The van der Waals surface area contributed by atoms with Crippen LogP contribution in [0.2, 0.25) is 0 Å². The zero-order chi connectivity index (χ0) is 14.6. The summed E-state index contributed by atoms with van der Waals surface area (Å²) in [4.78, 5) is 21.5. The molecule has 0 saturated heterocycles. The summed E-state index contributed by atoms with van der Waals surface area (Å²) in [6.07, 6.45) is 2.65. The topological polar surface area (TPSA) is 55.4 Å². The predicted octanol–water partition coefficient (Wildman–Crippen LogP) is 3.43. The molecular formula is C15H18ClNO3. The number of hydrogen-bond donors (Lipinski definition) is 1. The van der Waals surface area contributed by atoms with Crippen molar-refractivity contribution in [3.8, 4) is 0 Å². The van der Waals surface area contributed by atoms with Crippen LogP contribution in [0.5, 0.6) is 0 Å². The lowest BCUT2D eigenvalue weighted by Crippen LogP contribution is -2.25. The van der Waals surface area contributed by atoms with Crippen LogP contribution in [0.15, 0.2) is 35.4 Å². The first-order valence-electron chi connectivity index (χ1n) is 6.56. The molecule has 0 aliphatic heterocycles. The zero-order valence-corrected chi connectivity index (χ0v) is 12.0. The van der Waals surface area contributed by atoms with Gasteiger partial charge in [-0.3, -0.25) is 0 Å². The monoisotopic (exact) mass is 295 g/mol. The van der Waals surface area contributed by atoms with E-state index in [1.807, 2.05) is 30.3 Å². The summed E-state index contributed by atoms with van der Waals surface area (Å²) in [5.41, 5.74) is 0.956. The van der Waals surface area contributed by atoms with Gasteiger partial charge in [0.25, 0.3) is 0 Å². The average Bonchev–Trinajstić information content (AvgIpc) is 2.49. The maximum absolute atomic E-state index is 11.4. The Bertz CT molecular complexity index is 455. The van der Waals surface area contributed by atoms with E-state index >= 15 is 0 Å². The van der Waals surface area contributed by atoms with Crippen LogP contribution in [-0.4, -0.2) is 18.6 Å². The molecule has 0 spiro atoms. The van der Waals surface area contributed by atoms with Crippen LogP contribution in [0.1, 0.15) is 31.2 Å². The Morgan fingerprint density at radius 3 is 2.65 bits per heavy atom. The molecule has 0 unspecified atom stereocenters. The molecule has 108 valence electrons. The van der Waals surface area contributed by atoms with E-state index in [9.17, 15) is 9.59 Å². The normalized spacial score (nSPS) is 9.65. The van der Waals surface area contributed by atoms with Crippen molar-refractivity contribution in [1.29, 1.82) is 0 Å². The quantitative estimate of drug-likeness (QED) is 0.590. The first kappa shape index (κ1) is 16.3. The second kappa shape index (κ2) is 10.1. The molecule has 20 heavy (non-hydrogen) atoms. The highest BCUT2D eigenvalue weighted by molar-refractivity contribution is 6.33. The predicted molar refractivity (Wildman–Crippen MR) is 78.2 cm³/mol. The second-order valence-corrected chi connectivity index (χ2v) is 4.76. The Morgan fingerprint density at radius 1 is 1.20 bits per heavy atom. The Morgan fingerprint density at radius 2 is 1.95 bits per heavy atom. The Hall–Kier alpha value is -1.77. The number of unbranched alkanes of at least 4 members (excludes halogenated alkanes) is 2. The number of nitrogens with one attached hydrogen (secondary N) is 1. The molecule has 0 bridgehead atoms. The maximum Gasteiger partial charge on any atom is 0.407 e. The molecule has 0 aromatic heterocycles. The third kappa shape index (κ3) is 7.62. The minimum atomic E-state index is -0.417.